The Kier molecular flexibility index (Phi) is 3.81. The maximum Gasteiger partial charge on any atom is 0.0436 e. The van der Waals surface area contributed by atoms with E-state index in [2.05, 4.69) is 59.8 Å². The Morgan fingerprint density at radius 3 is 2.47 bits per heavy atom. The molecule has 19 heavy (non-hydrogen) atoms. The number of piperidine rings is 1. The number of rotatable bonds is 3. The summed E-state index contributed by atoms with van der Waals surface area (Å²) in [7, 11) is 0. The van der Waals surface area contributed by atoms with Gasteiger partial charge in [0.15, 0.2) is 0 Å². The van der Waals surface area contributed by atoms with Crippen molar-refractivity contribution in [2.45, 2.75) is 32.2 Å². The molecule has 0 bridgehead atoms. The molecule has 0 radical (unpaired) electrons. The van der Waals surface area contributed by atoms with Crippen molar-refractivity contribution in [2.75, 3.05) is 13.1 Å². The molecule has 1 atom stereocenters. The summed E-state index contributed by atoms with van der Waals surface area (Å²) < 4.78 is 0. The van der Waals surface area contributed by atoms with Crippen LogP contribution in [0.3, 0.4) is 0 Å². The predicted molar refractivity (Wildman–Crippen MR) is 80.9 cm³/mol. The molecule has 1 fully saturated rings. The number of nitrogens with one attached hydrogen (secondary N) is 1. The topological polar surface area (TPSA) is 15.3 Å². The number of hydrogen-bond donors (Lipinski definition) is 1. The summed E-state index contributed by atoms with van der Waals surface area (Å²) in [5, 5.41) is 5.02. The largest absolute Gasteiger partial charge is 0.248 e. The molecule has 0 spiro atoms. The Morgan fingerprint density at radius 1 is 0.947 bits per heavy atom. The standard InChI is InChI=1S/C17H22N2/c1-14(18-19-11-5-2-6-12-19)16-10-9-15-7-3-4-8-17(15)13-16/h3-4,7-10,13-14,18H,2,5-6,11-12H2,1H3. The second-order valence-electron chi connectivity index (χ2n) is 5.51. The van der Waals surface area contributed by atoms with E-state index in [1.54, 1.807) is 0 Å². The third-order valence-electron chi connectivity index (χ3n) is 4.01. The highest BCUT2D eigenvalue weighted by molar-refractivity contribution is 5.83. The summed E-state index contributed by atoms with van der Waals surface area (Å²) in [5.41, 5.74) is 5.00. The van der Waals surface area contributed by atoms with Gasteiger partial charge in [0, 0.05) is 19.1 Å². The second kappa shape index (κ2) is 5.72. The fraction of sp³-hybridized carbons (Fsp3) is 0.412. The van der Waals surface area contributed by atoms with E-state index in [4.69, 9.17) is 0 Å². The summed E-state index contributed by atoms with van der Waals surface area (Å²) in [5.74, 6) is 0. The molecule has 2 heteroatoms. The molecule has 1 saturated heterocycles. The Morgan fingerprint density at radius 2 is 1.68 bits per heavy atom. The zero-order valence-corrected chi connectivity index (χ0v) is 11.6. The van der Waals surface area contributed by atoms with Gasteiger partial charge in [-0.3, -0.25) is 0 Å². The monoisotopic (exact) mass is 254 g/mol. The first-order chi connectivity index (χ1) is 9.33. The molecule has 1 unspecified atom stereocenters. The lowest BCUT2D eigenvalue weighted by molar-refractivity contribution is 0.133. The zero-order chi connectivity index (χ0) is 13.1. The summed E-state index contributed by atoms with van der Waals surface area (Å²) in [4.78, 5) is 0. The van der Waals surface area contributed by atoms with Crippen molar-refractivity contribution in [2.24, 2.45) is 0 Å². The van der Waals surface area contributed by atoms with Crippen molar-refractivity contribution >= 4 is 10.8 Å². The molecule has 2 aromatic rings. The third kappa shape index (κ3) is 2.96. The van der Waals surface area contributed by atoms with Crippen LogP contribution in [0.1, 0.15) is 37.8 Å². The van der Waals surface area contributed by atoms with Crippen LogP contribution in [0, 0.1) is 0 Å². The van der Waals surface area contributed by atoms with Gasteiger partial charge in [0.2, 0.25) is 0 Å². The van der Waals surface area contributed by atoms with E-state index in [0.717, 1.165) is 0 Å². The Hall–Kier alpha value is -1.38. The van der Waals surface area contributed by atoms with Crippen LogP contribution in [0.5, 0.6) is 0 Å². The molecule has 3 rings (SSSR count). The maximum atomic E-state index is 3.63. The van der Waals surface area contributed by atoms with Gasteiger partial charge in [-0.2, -0.15) is 0 Å². The predicted octanol–water partition coefficient (Wildman–Crippen LogP) is 3.89. The Labute approximate surface area is 115 Å². The number of hydrogen-bond acceptors (Lipinski definition) is 2. The number of benzene rings is 2. The van der Waals surface area contributed by atoms with Crippen LogP contribution in [0.15, 0.2) is 42.5 Å². The van der Waals surface area contributed by atoms with Gasteiger partial charge in [0.05, 0.1) is 0 Å². The molecule has 0 aromatic heterocycles. The SMILES string of the molecule is CC(NN1CCCCC1)c1ccc2ccccc2c1. The summed E-state index contributed by atoms with van der Waals surface area (Å²) in [6, 6.07) is 15.7. The highest BCUT2D eigenvalue weighted by Crippen LogP contribution is 2.21. The number of nitrogens with zero attached hydrogens (tertiary/aromatic N) is 1. The average Bonchev–Trinajstić information content (AvgIpc) is 2.48. The van der Waals surface area contributed by atoms with Crippen LogP contribution < -0.4 is 5.43 Å². The Balaban J connectivity index is 1.75. The van der Waals surface area contributed by atoms with Gasteiger partial charge in [0.1, 0.15) is 0 Å². The normalized spacial score (nSPS) is 18.6. The minimum absolute atomic E-state index is 0.378. The van der Waals surface area contributed by atoms with E-state index in [1.165, 1.54) is 48.7 Å². The highest BCUT2D eigenvalue weighted by Gasteiger charge is 2.13. The second-order valence-corrected chi connectivity index (χ2v) is 5.51. The van der Waals surface area contributed by atoms with E-state index in [0.29, 0.717) is 6.04 Å². The van der Waals surface area contributed by atoms with Gasteiger partial charge >= 0.3 is 0 Å². The van der Waals surface area contributed by atoms with Crippen LogP contribution >= 0.6 is 0 Å². The van der Waals surface area contributed by atoms with Gasteiger partial charge in [0.25, 0.3) is 0 Å². The molecule has 2 nitrogen and oxygen atoms in total. The molecule has 1 N–H and O–H groups in total. The lowest BCUT2D eigenvalue weighted by Gasteiger charge is -2.30. The first kappa shape index (κ1) is 12.6. The lowest BCUT2D eigenvalue weighted by Crippen LogP contribution is -2.42. The van der Waals surface area contributed by atoms with Crippen LogP contribution in [-0.4, -0.2) is 18.1 Å². The van der Waals surface area contributed by atoms with Crippen molar-refractivity contribution in [1.82, 2.24) is 10.4 Å². The third-order valence-corrected chi connectivity index (χ3v) is 4.01. The minimum atomic E-state index is 0.378. The molecular formula is C17H22N2. The van der Waals surface area contributed by atoms with Crippen molar-refractivity contribution in [1.29, 1.82) is 0 Å². The molecule has 1 aliphatic rings. The lowest BCUT2D eigenvalue weighted by atomic mass is 10.0. The smallest absolute Gasteiger partial charge is 0.0436 e. The fourth-order valence-corrected chi connectivity index (χ4v) is 2.85. The van der Waals surface area contributed by atoms with Gasteiger partial charge in [-0.05, 0) is 42.2 Å². The van der Waals surface area contributed by atoms with Crippen molar-refractivity contribution in [3.63, 3.8) is 0 Å². The fourth-order valence-electron chi connectivity index (χ4n) is 2.85. The minimum Gasteiger partial charge on any atom is -0.248 e. The highest BCUT2D eigenvalue weighted by atomic mass is 15.5. The van der Waals surface area contributed by atoms with E-state index in [9.17, 15) is 0 Å². The molecule has 2 aromatic carbocycles. The van der Waals surface area contributed by atoms with Gasteiger partial charge in [-0.15, -0.1) is 0 Å². The van der Waals surface area contributed by atoms with Gasteiger partial charge in [-0.1, -0.05) is 42.8 Å². The number of fused-ring (bicyclic) bond motifs is 1. The Bertz CT molecular complexity index is 544. The first-order valence-corrected chi connectivity index (χ1v) is 7.33. The quantitative estimate of drug-likeness (QED) is 0.894. The molecule has 100 valence electrons. The molecule has 1 heterocycles. The molecule has 0 aliphatic carbocycles. The summed E-state index contributed by atoms with van der Waals surface area (Å²) in [6.45, 7) is 4.61. The van der Waals surface area contributed by atoms with Crippen LogP contribution in [0.4, 0.5) is 0 Å². The van der Waals surface area contributed by atoms with Gasteiger partial charge in [-0.25, -0.2) is 10.4 Å². The summed E-state index contributed by atoms with van der Waals surface area (Å²) in [6.07, 6.45) is 4.01. The van der Waals surface area contributed by atoms with Gasteiger partial charge < -0.3 is 0 Å². The molecular weight excluding hydrogens is 232 g/mol. The zero-order valence-electron chi connectivity index (χ0n) is 11.6. The average molecular weight is 254 g/mol. The van der Waals surface area contributed by atoms with E-state index in [-0.39, 0.29) is 0 Å². The molecule has 0 saturated carbocycles. The van der Waals surface area contributed by atoms with Crippen LogP contribution in [0.2, 0.25) is 0 Å². The van der Waals surface area contributed by atoms with Crippen molar-refractivity contribution < 1.29 is 0 Å². The van der Waals surface area contributed by atoms with E-state index < -0.39 is 0 Å². The van der Waals surface area contributed by atoms with Crippen LogP contribution in [0.25, 0.3) is 10.8 Å². The molecule has 1 aliphatic heterocycles. The van der Waals surface area contributed by atoms with E-state index in [1.807, 2.05) is 0 Å². The maximum absolute atomic E-state index is 3.63. The molecule has 0 amide bonds. The van der Waals surface area contributed by atoms with Crippen molar-refractivity contribution in [3.05, 3.63) is 48.0 Å². The summed E-state index contributed by atoms with van der Waals surface area (Å²) >= 11 is 0. The van der Waals surface area contributed by atoms with Crippen molar-refractivity contribution in [3.8, 4) is 0 Å². The first-order valence-electron chi connectivity index (χ1n) is 7.33. The number of hydrazine groups is 1. The van der Waals surface area contributed by atoms with Crippen LogP contribution in [-0.2, 0) is 0 Å². The van der Waals surface area contributed by atoms with E-state index >= 15 is 0 Å².